The first-order valence-corrected chi connectivity index (χ1v) is 9.37. The van der Waals surface area contributed by atoms with Gasteiger partial charge in [-0.25, -0.2) is 12.8 Å². The number of aryl methyl sites for hydroxylation is 1. The van der Waals surface area contributed by atoms with Gasteiger partial charge in [0.15, 0.2) is 0 Å². The van der Waals surface area contributed by atoms with E-state index in [0.29, 0.717) is 10.7 Å². The molecule has 8 heteroatoms. The van der Waals surface area contributed by atoms with Crippen LogP contribution in [0.25, 0.3) is 0 Å². The van der Waals surface area contributed by atoms with Gasteiger partial charge in [0.1, 0.15) is 5.82 Å². The van der Waals surface area contributed by atoms with Crippen LogP contribution in [-0.2, 0) is 14.8 Å². The van der Waals surface area contributed by atoms with Crippen molar-refractivity contribution in [2.45, 2.75) is 18.7 Å². The number of benzene rings is 2. The van der Waals surface area contributed by atoms with E-state index in [0.717, 1.165) is 22.0 Å². The molecule has 0 aliphatic heterocycles. The quantitative estimate of drug-likeness (QED) is 0.829. The van der Waals surface area contributed by atoms with Gasteiger partial charge in [0.25, 0.3) is 0 Å². The van der Waals surface area contributed by atoms with E-state index in [1.54, 1.807) is 32.0 Å². The van der Waals surface area contributed by atoms with Crippen LogP contribution in [0, 0.1) is 12.7 Å². The second-order valence-electron chi connectivity index (χ2n) is 5.39. The van der Waals surface area contributed by atoms with Crippen LogP contribution in [0.5, 0.6) is 0 Å². The highest BCUT2D eigenvalue weighted by molar-refractivity contribution is 7.89. The lowest BCUT2D eigenvalue weighted by Gasteiger charge is -2.20. The van der Waals surface area contributed by atoms with Gasteiger partial charge >= 0.3 is 0 Å². The van der Waals surface area contributed by atoms with Gasteiger partial charge in [0.2, 0.25) is 15.9 Å². The van der Waals surface area contributed by atoms with Crippen molar-refractivity contribution in [1.82, 2.24) is 4.31 Å². The number of hydrogen-bond donors (Lipinski definition) is 1. The second-order valence-corrected chi connectivity index (χ2v) is 7.77. The van der Waals surface area contributed by atoms with Crippen molar-refractivity contribution in [3.63, 3.8) is 0 Å². The molecule has 0 radical (unpaired) electrons. The largest absolute Gasteiger partial charge is 0.325 e. The van der Waals surface area contributed by atoms with Crippen LogP contribution >= 0.6 is 11.6 Å². The molecule has 1 N–H and O–H groups in total. The number of carbonyl (C=O) groups is 1. The maximum absolute atomic E-state index is 13.0. The first-order chi connectivity index (χ1) is 11.7. The third-order valence-corrected chi connectivity index (χ3v) is 5.76. The van der Waals surface area contributed by atoms with Gasteiger partial charge in [-0.05, 0) is 55.0 Å². The van der Waals surface area contributed by atoms with Crippen molar-refractivity contribution in [2.24, 2.45) is 0 Å². The van der Waals surface area contributed by atoms with Gasteiger partial charge < -0.3 is 5.32 Å². The van der Waals surface area contributed by atoms with Crippen molar-refractivity contribution < 1.29 is 17.6 Å². The zero-order chi connectivity index (χ0) is 18.6. The Morgan fingerprint density at radius 2 is 1.84 bits per heavy atom. The summed E-state index contributed by atoms with van der Waals surface area (Å²) in [5.41, 5.74) is 1.33. The molecule has 0 atom stereocenters. The molecule has 0 spiro atoms. The van der Waals surface area contributed by atoms with E-state index in [9.17, 15) is 17.6 Å². The number of nitrogens with zero attached hydrogens (tertiary/aromatic N) is 1. The number of hydrogen-bond acceptors (Lipinski definition) is 3. The molecule has 0 saturated heterocycles. The SMILES string of the molecule is CCN(CC(=O)Nc1ccc(Cl)cc1C)S(=O)(=O)c1ccc(F)cc1. The number of anilines is 1. The molecule has 0 fully saturated rings. The van der Waals surface area contributed by atoms with E-state index >= 15 is 0 Å². The number of sulfonamides is 1. The maximum atomic E-state index is 13.0. The average molecular weight is 385 g/mol. The van der Waals surface area contributed by atoms with Crippen LogP contribution in [0.15, 0.2) is 47.4 Å². The predicted molar refractivity (Wildman–Crippen MR) is 95.7 cm³/mol. The van der Waals surface area contributed by atoms with E-state index in [2.05, 4.69) is 5.32 Å². The van der Waals surface area contributed by atoms with Crippen molar-refractivity contribution >= 4 is 33.2 Å². The molecule has 0 aliphatic rings. The normalized spacial score (nSPS) is 11.6. The monoisotopic (exact) mass is 384 g/mol. The number of nitrogens with one attached hydrogen (secondary N) is 1. The lowest BCUT2D eigenvalue weighted by molar-refractivity contribution is -0.116. The Hall–Kier alpha value is -1.96. The average Bonchev–Trinajstić information content (AvgIpc) is 2.55. The van der Waals surface area contributed by atoms with E-state index in [4.69, 9.17) is 11.6 Å². The summed E-state index contributed by atoms with van der Waals surface area (Å²) in [6.07, 6.45) is 0. The van der Waals surface area contributed by atoms with Crippen LogP contribution in [0.4, 0.5) is 10.1 Å². The molecule has 134 valence electrons. The maximum Gasteiger partial charge on any atom is 0.243 e. The summed E-state index contributed by atoms with van der Waals surface area (Å²) in [7, 11) is -3.89. The van der Waals surface area contributed by atoms with Crippen LogP contribution in [0.3, 0.4) is 0 Å². The zero-order valence-electron chi connectivity index (χ0n) is 13.8. The number of carbonyl (C=O) groups excluding carboxylic acids is 1. The van der Waals surface area contributed by atoms with Crippen molar-refractivity contribution in [2.75, 3.05) is 18.4 Å². The molecule has 0 aliphatic carbocycles. The molecule has 0 saturated carbocycles. The highest BCUT2D eigenvalue weighted by Crippen LogP contribution is 2.20. The van der Waals surface area contributed by atoms with Gasteiger partial charge in [-0.1, -0.05) is 18.5 Å². The minimum Gasteiger partial charge on any atom is -0.325 e. The predicted octanol–water partition coefficient (Wildman–Crippen LogP) is 3.44. The summed E-state index contributed by atoms with van der Waals surface area (Å²) in [4.78, 5) is 12.2. The molecule has 0 aromatic heterocycles. The Kier molecular flexibility index (Phi) is 6.16. The molecular weight excluding hydrogens is 367 g/mol. The summed E-state index contributed by atoms with van der Waals surface area (Å²) in [6.45, 7) is 3.17. The number of rotatable bonds is 6. The summed E-state index contributed by atoms with van der Waals surface area (Å²) in [5, 5.41) is 3.22. The smallest absolute Gasteiger partial charge is 0.243 e. The fraction of sp³-hybridized carbons (Fsp3) is 0.235. The summed E-state index contributed by atoms with van der Waals surface area (Å²) < 4.78 is 39.2. The van der Waals surface area contributed by atoms with E-state index < -0.39 is 21.7 Å². The van der Waals surface area contributed by atoms with E-state index in [1.165, 1.54) is 12.1 Å². The zero-order valence-corrected chi connectivity index (χ0v) is 15.4. The second kappa shape index (κ2) is 7.95. The highest BCUT2D eigenvalue weighted by Gasteiger charge is 2.25. The first kappa shape index (κ1) is 19.4. The summed E-state index contributed by atoms with van der Waals surface area (Å²) in [5.74, 6) is -1.00. The highest BCUT2D eigenvalue weighted by atomic mass is 35.5. The minimum absolute atomic E-state index is 0.0637. The van der Waals surface area contributed by atoms with E-state index in [1.807, 2.05) is 0 Å². The van der Waals surface area contributed by atoms with Gasteiger partial charge in [0, 0.05) is 17.3 Å². The summed E-state index contributed by atoms with van der Waals surface area (Å²) >= 11 is 5.87. The Balaban J connectivity index is 2.15. The van der Waals surface area contributed by atoms with Crippen molar-refractivity contribution in [3.8, 4) is 0 Å². The Bertz CT molecular complexity index is 870. The molecule has 2 rings (SSSR count). The lowest BCUT2D eigenvalue weighted by atomic mass is 10.2. The standard InChI is InChI=1S/C17H18ClFN2O3S/c1-3-21(25(23,24)15-7-5-14(19)6-8-15)11-17(22)20-16-9-4-13(18)10-12(16)2/h4-10H,3,11H2,1-2H3,(H,20,22). The molecule has 5 nitrogen and oxygen atoms in total. The van der Waals surface area contributed by atoms with E-state index in [-0.39, 0.29) is 18.0 Å². The van der Waals surface area contributed by atoms with Gasteiger partial charge in [-0.15, -0.1) is 0 Å². The number of likely N-dealkylation sites (N-methyl/N-ethyl adjacent to an activating group) is 1. The molecule has 25 heavy (non-hydrogen) atoms. The van der Waals surface area contributed by atoms with Crippen molar-refractivity contribution in [1.29, 1.82) is 0 Å². The van der Waals surface area contributed by atoms with Gasteiger partial charge in [0.05, 0.1) is 11.4 Å². The molecule has 2 aromatic rings. The van der Waals surface area contributed by atoms with Crippen LogP contribution < -0.4 is 5.32 Å². The Labute approximate surface area is 151 Å². The molecule has 1 amide bonds. The van der Waals surface area contributed by atoms with Crippen LogP contribution in [0.2, 0.25) is 5.02 Å². The molecule has 0 bridgehead atoms. The molecule has 2 aromatic carbocycles. The fourth-order valence-electron chi connectivity index (χ4n) is 2.24. The third-order valence-electron chi connectivity index (χ3n) is 3.59. The first-order valence-electron chi connectivity index (χ1n) is 7.55. The van der Waals surface area contributed by atoms with Crippen molar-refractivity contribution in [3.05, 3.63) is 58.9 Å². The minimum atomic E-state index is -3.89. The number of amides is 1. The lowest BCUT2D eigenvalue weighted by Crippen LogP contribution is -2.37. The molecule has 0 unspecified atom stereocenters. The van der Waals surface area contributed by atoms with Gasteiger partial charge in [-0.2, -0.15) is 4.31 Å². The fourth-order valence-corrected chi connectivity index (χ4v) is 3.87. The van der Waals surface area contributed by atoms with Gasteiger partial charge in [-0.3, -0.25) is 4.79 Å². The molecule has 0 heterocycles. The Morgan fingerprint density at radius 3 is 2.40 bits per heavy atom. The summed E-state index contributed by atoms with van der Waals surface area (Å²) in [6, 6.07) is 9.47. The van der Waals surface area contributed by atoms with Crippen LogP contribution in [0.1, 0.15) is 12.5 Å². The third kappa shape index (κ3) is 4.78. The number of halogens is 2. The molecular formula is C17H18ClFN2O3S. The Morgan fingerprint density at radius 1 is 1.20 bits per heavy atom. The van der Waals surface area contributed by atoms with Crippen LogP contribution in [-0.4, -0.2) is 31.7 Å². The topological polar surface area (TPSA) is 66.5 Å².